The zero-order valence-corrected chi connectivity index (χ0v) is 17.0. The number of nitrogens with one attached hydrogen (secondary N) is 4. The van der Waals surface area contributed by atoms with Crippen LogP contribution < -0.4 is 21.3 Å². The highest BCUT2D eigenvalue weighted by Crippen LogP contribution is 2.29. The number of halogens is 3. The lowest BCUT2D eigenvalue weighted by molar-refractivity contribution is -0.137. The van der Waals surface area contributed by atoms with Gasteiger partial charge < -0.3 is 25.7 Å². The van der Waals surface area contributed by atoms with Crippen LogP contribution in [0.25, 0.3) is 0 Å². The number of urea groups is 1. The molecule has 11 heteroatoms. The van der Waals surface area contributed by atoms with Crippen molar-refractivity contribution in [2.24, 2.45) is 0 Å². The number of anilines is 2. The van der Waals surface area contributed by atoms with E-state index in [-0.39, 0.29) is 36.4 Å². The average Bonchev–Trinajstić information content (AvgIpc) is 3.32. The predicted octanol–water partition coefficient (Wildman–Crippen LogP) is 4.10. The maximum atomic E-state index is 12.6. The van der Waals surface area contributed by atoms with E-state index in [9.17, 15) is 27.6 Å². The van der Waals surface area contributed by atoms with Gasteiger partial charge in [0.15, 0.2) is 5.76 Å². The average molecular weight is 460 g/mol. The summed E-state index contributed by atoms with van der Waals surface area (Å²) >= 11 is 0. The summed E-state index contributed by atoms with van der Waals surface area (Å²) in [4.78, 5) is 35.9. The minimum Gasteiger partial charge on any atom is -0.459 e. The van der Waals surface area contributed by atoms with Crippen molar-refractivity contribution in [1.82, 2.24) is 10.6 Å². The highest BCUT2D eigenvalue weighted by Gasteiger charge is 2.30. The predicted molar refractivity (Wildman–Crippen MR) is 114 cm³/mol. The molecule has 0 unspecified atom stereocenters. The Bertz CT molecular complexity index is 1100. The lowest BCUT2D eigenvalue weighted by Crippen LogP contribution is -2.34. The van der Waals surface area contributed by atoms with Crippen molar-refractivity contribution in [2.75, 3.05) is 23.7 Å². The van der Waals surface area contributed by atoms with Gasteiger partial charge in [0, 0.05) is 30.0 Å². The zero-order chi connectivity index (χ0) is 23.8. The first-order valence-electron chi connectivity index (χ1n) is 9.67. The Balaban J connectivity index is 1.43. The van der Waals surface area contributed by atoms with E-state index in [4.69, 9.17) is 4.42 Å². The number of benzene rings is 2. The number of carbonyl (C=O) groups excluding carboxylic acids is 3. The molecule has 0 aliphatic heterocycles. The van der Waals surface area contributed by atoms with Crippen LogP contribution in [0.15, 0.2) is 71.3 Å². The monoisotopic (exact) mass is 460 g/mol. The first kappa shape index (κ1) is 23.4. The maximum Gasteiger partial charge on any atom is 0.416 e. The summed E-state index contributed by atoms with van der Waals surface area (Å²) in [5, 5.41) is 10.2. The Morgan fingerprint density at radius 1 is 0.758 bits per heavy atom. The summed E-state index contributed by atoms with van der Waals surface area (Å²) in [7, 11) is 0. The molecule has 2 aromatic carbocycles. The van der Waals surface area contributed by atoms with Crippen molar-refractivity contribution >= 4 is 29.2 Å². The number of hydrogen-bond acceptors (Lipinski definition) is 4. The van der Waals surface area contributed by atoms with Crippen LogP contribution in [0.3, 0.4) is 0 Å². The molecule has 0 bridgehead atoms. The van der Waals surface area contributed by atoms with Crippen molar-refractivity contribution in [3.63, 3.8) is 0 Å². The number of rotatable bonds is 7. The molecule has 172 valence electrons. The number of amides is 4. The van der Waals surface area contributed by atoms with Crippen LogP contribution in [0.2, 0.25) is 0 Å². The van der Waals surface area contributed by atoms with E-state index in [2.05, 4.69) is 21.3 Å². The molecule has 4 N–H and O–H groups in total. The van der Waals surface area contributed by atoms with Gasteiger partial charge >= 0.3 is 12.2 Å². The van der Waals surface area contributed by atoms with E-state index >= 15 is 0 Å². The van der Waals surface area contributed by atoms with Crippen LogP contribution in [-0.2, 0) is 6.18 Å². The SMILES string of the molecule is O=C(Nc1ccc(C(=O)NCCNC(=O)c2ccco2)cc1)Nc1ccc(C(F)(F)F)cc1. The number of carbonyl (C=O) groups is 3. The fourth-order valence-electron chi connectivity index (χ4n) is 2.69. The highest BCUT2D eigenvalue weighted by atomic mass is 19.4. The van der Waals surface area contributed by atoms with Gasteiger partial charge in [0.05, 0.1) is 11.8 Å². The van der Waals surface area contributed by atoms with Gasteiger partial charge in [0.25, 0.3) is 11.8 Å². The zero-order valence-electron chi connectivity index (χ0n) is 17.0. The first-order chi connectivity index (χ1) is 15.7. The summed E-state index contributed by atoms with van der Waals surface area (Å²) < 4.78 is 42.7. The number of hydrogen-bond donors (Lipinski definition) is 4. The molecule has 0 aliphatic carbocycles. The van der Waals surface area contributed by atoms with E-state index in [1.807, 2.05) is 0 Å². The molecule has 8 nitrogen and oxygen atoms in total. The molecule has 0 saturated heterocycles. The number of alkyl halides is 3. The molecule has 4 amide bonds. The molecular weight excluding hydrogens is 441 g/mol. The third-order valence-electron chi connectivity index (χ3n) is 4.32. The van der Waals surface area contributed by atoms with Crippen molar-refractivity contribution < 1.29 is 32.0 Å². The third-order valence-corrected chi connectivity index (χ3v) is 4.32. The molecule has 0 saturated carbocycles. The fraction of sp³-hybridized carbons (Fsp3) is 0.136. The van der Waals surface area contributed by atoms with Gasteiger partial charge in [-0.2, -0.15) is 13.2 Å². The van der Waals surface area contributed by atoms with Gasteiger partial charge in [-0.25, -0.2) is 4.79 Å². The van der Waals surface area contributed by atoms with E-state index in [0.717, 1.165) is 24.3 Å². The molecule has 3 aromatic rings. The Labute approximate surface area is 186 Å². The van der Waals surface area contributed by atoms with E-state index in [1.165, 1.54) is 36.6 Å². The van der Waals surface area contributed by atoms with Crippen molar-refractivity contribution in [3.8, 4) is 0 Å². The van der Waals surface area contributed by atoms with Gasteiger partial charge in [0.2, 0.25) is 0 Å². The molecule has 1 aromatic heterocycles. The summed E-state index contributed by atoms with van der Waals surface area (Å²) in [5.41, 5.74) is 0.0839. The molecule has 0 aliphatic rings. The largest absolute Gasteiger partial charge is 0.459 e. The van der Waals surface area contributed by atoms with Crippen molar-refractivity contribution in [3.05, 3.63) is 83.8 Å². The van der Waals surface area contributed by atoms with Crippen LogP contribution in [0.1, 0.15) is 26.5 Å². The summed E-state index contributed by atoms with van der Waals surface area (Å²) in [6.45, 7) is 0.399. The fourth-order valence-corrected chi connectivity index (χ4v) is 2.69. The Kier molecular flexibility index (Phi) is 7.34. The molecule has 0 radical (unpaired) electrons. The quantitative estimate of drug-likeness (QED) is 0.398. The first-order valence-corrected chi connectivity index (χ1v) is 9.67. The van der Waals surface area contributed by atoms with Crippen LogP contribution in [0, 0.1) is 0 Å². The Morgan fingerprint density at radius 3 is 1.82 bits per heavy atom. The van der Waals surface area contributed by atoms with E-state index in [0.29, 0.717) is 11.3 Å². The Hall–Kier alpha value is -4.28. The topological polar surface area (TPSA) is 112 Å². The van der Waals surface area contributed by atoms with Gasteiger partial charge in [-0.15, -0.1) is 0 Å². The van der Waals surface area contributed by atoms with Gasteiger partial charge in [-0.05, 0) is 60.7 Å². The molecule has 0 fully saturated rings. The molecule has 3 rings (SSSR count). The van der Waals surface area contributed by atoms with Gasteiger partial charge in [-0.1, -0.05) is 0 Å². The standard InChI is InChI=1S/C22H19F3N4O4/c23-22(24,25)15-5-9-17(10-6-15)29-21(32)28-16-7-3-14(4-8-16)19(30)26-11-12-27-20(31)18-2-1-13-33-18/h1-10,13H,11-12H2,(H,26,30)(H,27,31)(H2,28,29,32). The van der Waals surface area contributed by atoms with Crippen LogP contribution in [0.4, 0.5) is 29.3 Å². The van der Waals surface area contributed by atoms with E-state index in [1.54, 1.807) is 6.07 Å². The van der Waals surface area contributed by atoms with Crippen molar-refractivity contribution in [2.45, 2.75) is 6.18 Å². The summed E-state index contributed by atoms with van der Waals surface area (Å²) in [5.74, 6) is -0.589. The van der Waals surface area contributed by atoms with Crippen molar-refractivity contribution in [1.29, 1.82) is 0 Å². The smallest absolute Gasteiger partial charge is 0.416 e. The second-order valence-electron chi connectivity index (χ2n) is 6.72. The summed E-state index contributed by atoms with van der Waals surface area (Å²) in [6, 6.07) is 12.5. The summed E-state index contributed by atoms with van der Waals surface area (Å²) in [6.07, 6.45) is -3.07. The normalized spacial score (nSPS) is 10.9. The Morgan fingerprint density at radius 2 is 1.30 bits per heavy atom. The van der Waals surface area contributed by atoms with Gasteiger partial charge in [-0.3, -0.25) is 9.59 Å². The maximum absolute atomic E-state index is 12.6. The lowest BCUT2D eigenvalue weighted by atomic mass is 10.2. The van der Waals surface area contributed by atoms with Gasteiger partial charge in [0.1, 0.15) is 0 Å². The minimum atomic E-state index is -4.46. The third kappa shape index (κ3) is 6.86. The van der Waals surface area contributed by atoms with E-state index < -0.39 is 17.8 Å². The molecular formula is C22H19F3N4O4. The molecule has 1 heterocycles. The molecule has 0 spiro atoms. The highest BCUT2D eigenvalue weighted by molar-refractivity contribution is 6.00. The second kappa shape index (κ2) is 10.4. The van der Waals surface area contributed by atoms with Crippen LogP contribution in [-0.4, -0.2) is 30.9 Å². The molecule has 0 atom stereocenters. The minimum absolute atomic E-state index is 0.173. The van der Waals surface area contributed by atoms with Crippen LogP contribution in [0.5, 0.6) is 0 Å². The molecule has 33 heavy (non-hydrogen) atoms. The number of furan rings is 1. The lowest BCUT2D eigenvalue weighted by Gasteiger charge is -2.10. The van der Waals surface area contributed by atoms with Crippen LogP contribution >= 0.6 is 0 Å². The second-order valence-corrected chi connectivity index (χ2v) is 6.72.